The zero-order valence-electron chi connectivity index (χ0n) is 26.9. The van der Waals surface area contributed by atoms with Crippen LogP contribution in [0.4, 0.5) is 0 Å². The number of thioether (sulfide) groups is 1. The number of carbonyl (C=O) groups is 3. The Labute approximate surface area is 276 Å². The number of aromatic hydroxyl groups is 1. The van der Waals surface area contributed by atoms with Gasteiger partial charge in [0.05, 0.1) is 30.5 Å². The van der Waals surface area contributed by atoms with E-state index in [1.165, 1.54) is 32.7 Å². The average Bonchev–Trinajstić information content (AvgIpc) is 3.50. The molecule has 47 heavy (non-hydrogen) atoms. The van der Waals surface area contributed by atoms with Crippen molar-refractivity contribution in [3.05, 3.63) is 39.4 Å². The van der Waals surface area contributed by atoms with Gasteiger partial charge in [-0.1, -0.05) is 6.07 Å². The number of rotatable bonds is 3. The SMILES string of the molecule is COc1c(C)cc2c(c1O)[C@@H]1[C@@H]3[C@@H]4SC[C@H](NC(C)=O)C(=O)OC[C@@H](c5c6c(c(C)c(OC(C)=O)c54)OCO6)N3[C@@H](C#N)[C@H](C2)N1C. The molecular formula is C33H36N4O9S. The van der Waals surface area contributed by atoms with Gasteiger partial charge < -0.3 is 34.1 Å². The first-order valence-corrected chi connectivity index (χ1v) is 16.5. The molecule has 248 valence electrons. The summed E-state index contributed by atoms with van der Waals surface area (Å²) in [5.41, 5.74) is 4.30. The molecule has 14 heteroatoms. The van der Waals surface area contributed by atoms with Gasteiger partial charge >= 0.3 is 11.9 Å². The number of likely N-dealkylation sites (N-methyl/N-ethyl adjacent to an activating group) is 1. The number of hydrogen-bond acceptors (Lipinski definition) is 13. The number of piperazine rings is 1. The van der Waals surface area contributed by atoms with Crippen LogP contribution in [-0.2, 0) is 25.5 Å². The number of ether oxygens (including phenoxy) is 5. The molecule has 0 aromatic heterocycles. The van der Waals surface area contributed by atoms with Crippen molar-refractivity contribution in [3.8, 4) is 34.8 Å². The molecule has 0 unspecified atom stereocenters. The van der Waals surface area contributed by atoms with Crippen LogP contribution in [0.2, 0.25) is 0 Å². The van der Waals surface area contributed by atoms with Gasteiger partial charge in [-0.15, -0.1) is 11.8 Å². The number of carbonyl (C=O) groups excluding carboxylic acids is 3. The Morgan fingerprint density at radius 1 is 1.13 bits per heavy atom. The first kappa shape index (κ1) is 31.4. The van der Waals surface area contributed by atoms with E-state index in [1.807, 2.05) is 20.0 Å². The molecule has 2 aromatic carbocycles. The highest BCUT2D eigenvalue weighted by Crippen LogP contribution is 2.64. The molecular weight excluding hydrogens is 628 g/mol. The van der Waals surface area contributed by atoms with Gasteiger partial charge in [0.25, 0.3) is 0 Å². The fraction of sp³-hybridized carbons (Fsp3) is 0.515. The van der Waals surface area contributed by atoms with Crippen molar-refractivity contribution >= 4 is 29.6 Å². The van der Waals surface area contributed by atoms with Gasteiger partial charge in [-0.2, -0.15) is 5.26 Å². The topological polar surface area (TPSA) is 160 Å². The highest BCUT2D eigenvalue weighted by molar-refractivity contribution is 7.99. The third kappa shape index (κ3) is 4.62. The lowest BCUT2D eigenvalue weighted by Gasteiger charge is -2.61. The largest absolute Gasteiger partial charge is 0.504 e. The number of phenols is 1. The molecule has 0 saturated carbocycles. The fourth-order valence-corrected chi connectivity index (χ4v) is 9.82. The summed E-state index contributed by atoms with van der Waals surface area (Å²) in [5, 5.41) is 24.9. The van der Waals surface area contributed by atoms with Crippen LogP contribution in [0, 0.1) is 25.2 Å². The Morgan fingerprint density at radius 3 is 2.55 bits per heavy atom. The van der Waals surface area contributed by atoms with E-state index in [-0.39, 0.29) is 36.9 Å². The molecule has 0 spiro atoms. The highest BCUT2D eigenvalue weighted by atomic mass is 32.2. The van der Waals surface area contributed by atoms with Crippen LogP contribution in [0.15, 0.2) is 6.07 Å². The summed E-state index contributed by atoms with van der Waals surface area (Å²) >= 11 is 1.39. The third-order valence-electron chi connectivity index (χ3n) is 10.0. The first-order valence-electron chi connectivity index (χ1n) is 15.5. The Morgan fingerprint density at radius 2 is 1.87 bits per heavy atom. The monoisotopic (exact) mass is 664 g/mol. The minimum Gasteiger partial charge on any atom is -0.504 e. The molecule has 7 rings (SSSR count). The molecule has 0 radical (unpaired) electrons. The zero-order valence-corrected chi connectivity index (χ0v) is 27.7. The summed E-state index contributed by atoms with van der Waals surface area (Å²) in [4.78, 5) is 42.5. The number of aryl methyl sites for hydroxylation is 1. The van der Waals surface area contributed by atoms with Crippen molar-refractivity contribution < 1.29 is 43.2 Å². The van der Waals surface area contributed by atoms with Gasteiger partial charge in [0.15, 0.2) is 23.0 Å². The molecule has 2 fully saturated rings. The normalized spacial score (nSPS) is 29.0. The fourth-order valence-electron chi connectivity index (χ4n) is 8.31. The molecule has 5 heterocycles. The van der Waals surface area contributed by atoms with E-state index in [2.05, 4.69) is 21.2 Å². The van der Waals surface area contributed by atoms with Crippen LogP contribution in [0.3, 0.4) is 0 Å². The number of benzene rings is 2. The lowest BCUT2D eigenvalue weighted by molar-refractivity contribution is -0.152. The summed E-state index contributed by atoms with van der Waals surface area (Å²) in [7, 11) is 3.48. The molecule has 5 aliphatic rings. The van der Waals surface area contributed by atoms with Gasteiger partial charge in [0.1, 0.15) is 24.4 Å². The van der Waals surface area contributed by atoms with Gasteiger partial charge in [-0.3, -0.25) is 19.4 Å². The number of hydrogen-bond donors (Lipinski definition) is 2. The van der Waals surface area contributed by atoms with E-state index in [9.17, 15) is 24.8 Å². The predicted molar refractivity (Wildman–Crippen MR) is 168 cm³/mol. The number of phenolic OH excluding ortho intramolecular Hbond substituents is 1. The van der Waals surface area contributed by atoms with Crippen LogP contribution in [0.1, 0.15) is 64.6 Å². The maximum atomic E-state index is 13.4. The molecule has 5 aliphatic heterocycles. The number of nitrogens with one attached hydrogen (secondary N) is 1. The maximum absolute atomic E-state index is 13.4. The Kier molecular flexibility index (Phi) is 7.69. The zero-order chi connectivity index (χ0) is 33.5. The van der Waals surface area contributed by atoms with Gasteiger partial charge in [0.2, 0.25) is 12.7 Å². The van der Waals surface area contributed by atoms with Crippen LogP contribution in [-0.4, -0.2) is 90.2 Å². The number of amides is 1. The Balaban J connectivity index is 1.54. The quantitative estimate of drug-likeness (QED) is 0.365. The van der Waals surface area contributed by atoms with Crippen molar-refractivity contribution in [1.82, 2.24) is 15.1 Å². The summed E-state index contributed by atoms with van der Waals surface area (Å²) in [6.45, 7) is 6.13. The molecule has 2 saturated heterocycles. The number of methoxy groups -OCH3 is 1. The minimum absolute atomic E-state index is 0.0379. The molecule has 13 nitrogen and oxygen atoms in total. The van der Waals surface area contributed by atoms with Crippen molar-refractivity contribution in [3.63, 3.8) is 0 Å². The van der Waals surface area contributed by atoms with E-state index < -0.39 is 47.4 Å². The van der Waals surface area contributed by atoms with Crippen molar-refractivity contribution in [1.29, 1.82) is 5.26 Å². The molecule has 2 aromatic rings. The molecule has 2 N–H and O–H groups in total. The molecule has 4 bridgehead atoms. The van der Waals surface area contributed by atoms with Crippen LogP contribution >= 0.6 is 11.8 Å². The number of esters is 2. The summed E-state index contributed by atoms with van der Waals surface area (Å²) in [5.74, 6) is 0.248. The number of nitriles is 1. The van der Waals surface area contributed by atoms with E-state index >= 15 is 0 Å². The maximum Gasteiger partial charge on any atom is 0.329 e. The van der Waals surface area contributed by atoms with Crippen molar-refractivity contribution in [2.45, 2.75) is 75.6 Å². The van der Waals surface area contributed by atoms with Crippen LogP contribution in [0.25, 0.3) is 0 Å². The Hall–Kier alpha value is -4.19. The standard InChI is InChI=1S/C33H36N4O9S/c1-13-7-17-8-19-20(9-34)37-21-10-43-33(41)18(35-15(3)38)11-47-32(26(37)25(36(19)5)22(17)27(40)28(13)42-6)24-23(21)31-30(44-12-45-31)14(2)29(24)46-16(4)39/h7,18-21,25-26,32,40H,8,10-12H2,1-6H3,(H,35,38)/t18-,19-,20-,21-,25+,26+,32+/m0/s1. The highest BCUT2D eigenvalue weighted by Gasteiger charge is 2.60. The summed E-state index contributed by atoms with van der Waals surface area (Å²) in [6, 6.07) is 1.02. The van der Waals surface area contributed by atoms with Crippen molar-refractivity contribution in [2.75, 3.05) is 33.3 Å². The summed E-state index contributed by atoms with van der Waals surface area (Å²) < 4.78 is 29.6. The van der Waals surface area contributed by atoms with E-state index in [1.54, 1.807) is 6.92 Å². The number of cyclic esters (lactones) is 1. The van der Waals surface area contributed by atoms with Gasteiger partial charge in [-0.05, 0) is 38.4 Å². The number of nitrogens with zero attached hydrogens (tertiary/aromatic N) is 3. The second-order valence-electron chi connectivity index (χ2n) is 12.6. The van der Waals surface area contributed by atoms with Gasteiger partial charge in [0, 0.05) is 53.9 Å². The minimum atomic E-state index is -0.948. The molecule has 0 aliphatic carbocycles. The Bertz CT molecular complexity index is 1760. The lowest BCUT2D eigenvalue weighted by atomic mass is 9.71. The second-order valence-corrected chi connectivity index (χ2v) is 13.8. The molecule has 1 amide bonds. The van der Waals surface area contributed by atoms with Gasteiger partial charge in [-0.25, -0.2) is 4.79 Å². The smallest absolute Gasteiger partial charge is 0.329 e. The average molecular weight is 665 g/mol. The van der Waals surface area contributed by atoms with E-state index in [4.69, 9.17) is 23.7 Å². The van der Waals surface area contributed by atoms with E-state index in [0.717, 1.165) is 11.1 Å². The predicted octanol–water partition coefficient (Wildman–Crippen LogP) is 2.74. The second kappa shape index (κ2) is 11.5. The first-order chi connectivity index (χ1) is 22.5. The third-order valence-corrected chi connectivity index (χ3v) is 11.4. The van der Waals surface area contributed by atoms with Crippen LogP contribution < -0.4 is 24.3 Å². The van der Waals surface area contributed by atoms with E-state index in [0.29, 0.717) is 51.7 Å². The summed E-state index contributed by atoms with van der Waals surface area (Å²) in [6.07, 6.45) is 0.494. The van der Waals surface area contributed by atoms with Crippen molar-refractivity contribution in [2.24, 2.45) is 0 Å². The van der Waals surface area contributed by atoms with Crippen LogP contribution in [0.5, 0.6) is 28.7 Å². The lowest BCUT2D eigenvalue weighted by Crippen LogP contribution is -2.69. The number of fused-ring (bicyclic) bond motifs is 9. The molecule has 7 atom stereocenters.